The number of aromatic nitrogens is 1. The van der Waals surface area contributed by atoms with Gasteiger partial charge in [-0.25, -0.2) is 4.98 Å². The average Bonchev–Trinajstić information content (AvgIpc) is 2.23. The van der Waals surface area contributed by atoms with Gasteiger partial charge < -0.3 is 5.32 Å². The van der Waals surface area contributed by atoms with Gasteiger partial charge >= 0.3 is 0 Å². The molecule has 1 aromatic heterocycles. The van der Waals surface area contributed by atoms with Gasteiger partial charge in [0.15, 0.2) is 0 Å². The van der Waals surface area contributed by atoms with Crippen LogP contribution in [0.1, 0.15) is 40.2 Å². The monoisotopic (exact) mass is 252 g/mol. The number of hydrogen-bond donors (Lipinski definition) is 1. The molecule has 3 heteroatoms. The lowest BCUT2D eigenvalue weighted by Gasteiger charge is -2.21. The van der Waals surface area contributed by atoms with Crippen LogP contribution < -0.4 is 5.32 Å². The van der Waals surface area contributed by atoms with E-state index in [-0.39, 0.29) is 5.54 Å². The molecule has 1 aromatic rings. The van der Waals surface area contributed by atoms with Gasteiger partial charge in [-0.3, -0.25) is 0 Å². The standard InChI is InChI=1S/C14H24N2S/c1-11(2)10-17-13-12(7-6-8-15-13)9-16-14(3,4)5/h6-8,11,16H,9-10H2,1-5H3. The Morgan fingerprint density at radius 3 is 2.65 bits per heavy atom. The van der Waals surface area contributed by atoms with Gasteiger partial charge in [-0.2, -0.15) is 0 Å². The van der Waals surface area contributed by atoms with Crippen LogP contribution in [-0.2, 0) is 6.54 Å². The summed E-state index contributed by atoms with van der Waals surface area (Å²) in [4.78, 5) is 4.47. The van der Waals surface area contributed by atoms with Crippen LogP contribution in [0, 0.1) is 5.92 Å². The second-order valence-corrected chi connectivity index (χ2v) is 6.78. The third-order valence-corrected chi connectivity index (χ3v) is 3.69. The summed E-state index contributed by atoms with van der Waals surface area (Å²) in [5.41, 5.74) is 1.45. The SMILES string of the molecule is CC(C)CSc1ncccc1CNC(C)(C)C. The van der Waals surface area contributed by atoms with E-state index in [9.17, 15) is 0 Å². The smallest absolute Gasteiger partial charge is 0.100 e. The van der Waals surface area contributed by atoms with E-state index in [4.69, 9.17) is 0 Å². The van der Waals surface area contributed by atoms with E-state index in [0.717, 1.165) is 17.3 Å². The van der Waals surface area contributed by atoms with E-state index in [1.807, 2.05) is 24.0 Å². The average molecular weight is 252 g/mol. The van der Waals surface area contributed by atoms with Crippen molar-refractivity contribution in [1.29, 1.82) is 0 Å². The van der Waals surface area contributed by atoms with Crippen molar-refractivity contribution in [2.75, 3.05) is 5.75 Å². The molecule has 0 aliphatic heterocycles. The predicted octanol–water partition coefficient (Wildman–Crippen LogP) is 3.72. The summed E-state index contributed by atoms with van der Waals surface area (Å²) in [6.45, 7) is 11.9. The third kappa shape index (κ3) is 6.08. The topological polar surface area (TPSA) is 24.9 Å². The molecule has 96 valence electrons. The molecule has 0 aromatic carbocycles. The van der Waals surface area contributed by atoms with Crippen LogP contribution in [0.2, 0.25) is 0 Å². The van der Waals surface area contributed by atoms with Crippen molar-refractivity contribution in [2.24, 2.45) is 5.92 Å². The minimum Gasteiger partial charge on any atom is -0.308 e. The van der Waals surface area contributed by atoms with Gasteiger partial charge in [0.25, 0.3) is 0 Å². The Hall–Kier alpha value is -0.540. The molecule has 1 heterocycles. The van der Waals surface area contributed by atoms with Crippen molar-refractivity contribution in [3.63, 3.8) is 0 Å². The normalized spacial score (nSPS) is 12.1. The molecule has 0 fully saturated rings. The van der Waals surface area contributed by atoms with Crippen LogP contribution in [-0.4, -0.2) is 16.3 Å². The Balaban J connectivity index is 2.64. The van der Waals surface area contributed by atoms with Crippen molar-refractivity contribution < 1.29 is 0 Å². The van der Waals surface area contributed by atoms with Crippen LogP contribution in [0.4, 0.5) is 0 Å². The fourth-order valence-electron chi connectivity index (χ4n) is 1.29. The van der Waals surface area contributed by atoms with Gasteiger partial charge in [0.2, 0.25) is 0 Å². The molecule has 0 spiro atoms. The van der Waals surface area contributed by atoms with Crippen LogP contribution >= 0.6 is 11.8 Å². The molecule has 2 nitrogen and oxygen atoms in total. The largest absolute Gasteiger partial charge is 0.308 e. The second kappa shape index (κ2) is 6.41. The van der Waals surface area contributed by atoms with Crippen molar-refractivity contribution in [3.8, 4) is 0 Å². The molecule has 1 N–H and O–H groups in total. The number of rotatable bonds is 5. The molecule has 0 bridgehead atoms. The summed E-state index contributed by atoms with van der Waals surface area (Å²) in [6, 6.07) is 4.17. The summed E-state index contributed by atoms with van der Waals surface area (Å²) in [5, 5.41) is 4.68. The molecule has 0 atom stereocenters. The first-order valence-electron chi connectivity index (χ1n) is 6.20. The Labute approximate surface area is 110 Å². The summed E-state index contributed by atoms with van der Waals surface area (Å²) in [5.74, 6) is 1.82. The molecule has 0 aliphatic rings. The van der Waals surface area contributed by atoms with Gasteiger partial charge in [-0.1, -0.05) is 19.9 Å². The van der Waals surface area contributed by atoms with E-state index < -0.39 is 0 Å². The zero-order valence-electron chi connectivity index (χ0n) is 11.6. The van der Waals surface area contributed by atoms with Gasteiger partial charge in [0, 0.05) is 24.0 Å². The maximum Gasteiger partial charge on any atom is 0.100 e. The summed E-state index contributed by atoms with van der Waals surface area (Å²) in [6.07, 6.45) is 1.88. The Morgan fingerprint density at radius 2 is 2.06 bits per heavy atom. The Kier molecular flexibility index (Phi) is 5.47. The highest BCUT2D eigenvalue weighted by Gasteiger charge is 2.11. The first-order chi connectivity index (χ1) is 7.88. The summed E-state index contributed by atoms with van der Waals surface area (Å²) in [7, 11) is 0. The van der Waals surface area contributed by atoms with Gasteiger partial charge in [-0.15, -0.1) is 11.8 Å². The molecule has 0 saturated carbocycles. The van der Waals surface area contributed by atoms with E-state index in [0.29, 0.717) is 5.92 Å². The second-order valence-electron chi connectivity index (χ2n) is 5.78. The van der Waals surface area contributed by atoms with Crippen molar-refractivity contribution >= 4 is 11.8 Å². The lowest BCUT2D eigenvalue weighted by molar-refractivity contribution is 0.422. The molecular weight excluding hydrogens is 228 g/mol. The molecular formula is C14H24N2S. The predicted molar refractivity (Wildman–Crippen MR) is 76.4 cm³/mol. The van der Waals surface area contributed by atoms with E-state index in [1.54, 1.807) is 0 Å². The Morgan fingerprint density at radius 1 is 1.35 bits per heavy atom. The lowest BCUT2D eigenvalue weighted by atomic mass is 10.1. The first kappa shape index (κ1) is 14.5. The van der Waals surface area contributed by atoms with Crippen molar-refractivity contribution in [3.05, 3.63) is 23.9 Å². The van der Waals surface area contributed by atoms with Crippen LogP contribution in [0.15, 0.2) is 23.4 Å². The number of thioether (sulfide) groups is 1. The maximum atomic E-state index is 4.47. The van der Waals surface area contributed by atoms with Crippen molar-refractivity contribution in [1.82, 2.24) is 10.3 Å². The molecule has 1 rings (SSSR count). The number of nitrogens with zero attached hydrogens (tertiary/aromatic N) is 1. The number of pyridine rings is 1. The van der Waals surface area contributed by atoms with E-state index in [2.05, 4.69) is 51.0 Å². The minimum atomic E-state index is 0.149. The Bertz CT molecular complexity index is 342. The fourth-order valence-corrected chi connectivity index (χ4v) is 2.25. The highest BCUT2D eigenvalue weighted by Crippen LogP contribution is 2.22. The quantitative estimate of drug-likeness (QED) is 0.809. The summed E-state index contributed by atoms with van der Waals surface area (Å²) >= 11 is 1.85. The number of hydrogen-bond acceptors (Lipinski definition) is 3. The highest BCUT2D eigenvalue weighted by atomic mass is 32.2. The van der Waals surface area contributed by atoms with Crippen molar-refractivity contribution in [2.45, 2.75) is 51.7 Å². The lowest BCUT2D eigenvalue weighted by Crippen LogP contribution is -2.35. The van der Waals surface area contributed by atoms with E-state index in [1.165, 1.54) is 5.56 Å². The zero-order valence-corrected chi connectivity index (χ0v) is 12.4. The van der Waals surface area contributed by atoms with Gasteiger partial charge in [0.1, 0.15) is 5.03 Å². The van der Waals surface area contributed by atoms with Crippen LogP contribution in [0.3, 0.4) is 0 Å². The van der Waals surface area contributed by atoms with Gasteiger partial charge in [-0.05, 0) is 38.3 Å². The van der Waals surface area contributed by atoms with Crippen LogP contribution in [0.25, 0.3) is 0 Å². The summed E-state index contributed by atoms with van der Waals surface area (Å²) < 4.78 is 0. The fraction of sp³-hybridized carbons (Fsp3) is 0.643. The zero-order chi connectivity index (χ0) is 12.9. The van der Waals surface area contributed by atoms with E-state index >= 15 is 0 Å². The van der Waals surface area contributed by atoms with Crippen LogP contribution in [0.5, 0.6) is 0 Å². The molecule has 17 heavy (non-hydrogen) atoms. The molecule has 0 saturated heterocycles. The molecule has 0 radical (unpaired) electrons. The molecule has 0 aliphatic carbocycles. The minimum absolute atomic E-state index is 0.149. The highest BCUT2D eigenvalue weighted by molar-refractivity contribution is 7.99. The first-order valence-corrected chi connectivity index (χ1v) is 7.19. The van der Waals surface area contributed by atoms with Gasteiger partial charge in [0.05, 0.1) is 0 Å². The molecule has 0 amide bonds. The number of nitrogens with one attached hydrogen (secondary N) is 1. The molecule has 0 unspecified atom stereocenters. The third-order valence-electron chi connectivity index (χ3n) is 2.21. The maximum absolute atomic E-state index is 4.47.